The first-order valence-corrected chi connectivity index (χ1v) is 6.43. The Hall–Kier alpha value is -2.13. The Balaban J connectivity index is 2.39. The van der Waals surface area contributed by atoms with Gasteiger partial charge in [-0.25, -0.2) is 9.18 Å². The van der Waals surface area contributed by atoms with E-state index in [9.17, 15) is 9.18 Å². The van der Waals surface area contributed by atoms with Crippen LogP contribution in [0.2, 0.25) is 5.02 Å². The third-order valence-corrected chi connectivity index (χ3v) is 3.48. The lowest BCUT2D eigenvalue weighted by Gasteiger charge is -2.08. The van der Waals surface area contributed by atoms with Gasteiger partial charge < -0.3 is 4.42 Å². The normalized spacial score (nSPS) is 10.9. The average molecular weight is 289 g/mol. The molecule has 0 bridgehead atoms. The molecule has 3 aromatic rings. The molecule has 20 heavy (non-hydrogen) atoms. The molecule has 3 rings (SSSR count). The molecular formula is C16H10ClFO2. The Labute approximate surface area is 119 Å². The molecule has 1 heterocycles. The maximum absolute atomic E-state index is 13.4. The van der Waals surface area contributed by atoms with E-state index >= 15 is 0 Å². The smallest absolute Gasteiger partial charge is 0.344 e. The van der Waals surface area contributed by atoms with E-state index in [-0.39, 0.29) is 5.82 Å². The standard InChI is InChI=1S/C16H10ClFO2/c1-9-13-8-12(18)5-6-14(13)20-16(19)15(9)10-3-2-4-11(17)7-10/h2-8H,1H3. The maximum atomic E-state index is 13.4. The van der Waals surface area contributed by atoms with Crippen LogP contribution < -0.4 is 5.63 Å². The molecule has 0 fully saturated rings. The maximum Gasteiger partial charge on any atom is 0.344 e. The summed E-state index contributed by atoms with van der Waals surface area (Å²) in [6.07, 6.45) is 0. The lowest BCUT2D eigenvalue weighted by molar-refractivity contribution is 0.560. The van der Waals surface area contributed by atoms with Gasteiger partial charge in [0.25, 0.3) is 0 Å². The second kappa shape index (κ2) is 4.76. The molecule has 0 atom stereocenters. The van der Waals surface area contributed by atoms with Crippen molar-refractivity contribution in [2.75, 3.05) is 0 Å². The second-order valence-corrected chi connectivity index (χ2v) is 4.98. The van der Waals surface area contributed by atoms with Gasteiger partial charge in [0.2, 0.25) is 0 Å². The number of rotatable bonds is 1. The zero-order valence-corrected chi connectivity index (χ0v) is 11.4. The van der Waals surface area contributed by atoms with E-state index < -0.39 is 5.63 Å². The van der Waals surface area contributed by atoms with Crippen molar-refractivity contribution in [3.63, 3.8) is 0 Å². The molecule has 1 aromatic heterocycles. The molecule has 2 nitrogen and oxygen atoms in total. The van der Waals surface area contributed by atoms with Gasteiger partial charge in [-0.05, 0) is 48.4 Å². The van der Waals surface area contributed by atoms with Gasteiger partial charge in [-0.2, -0.15) is 0 Å². The van der Waals surface area contributed by atoms with Crippen molar-refractivity contribution < 1.29 is 8.81 Å². The van der Waals surface area contributed by atoms with Crippen LogP contribution in [0.15, 0.2) is 51.7 Å². The fourth-order valence-corrected chi connectivity index (χ4v) is 2.49. The molecule has 0 amide bonds. The van der Waals surface area contributed by atoms with Gasteiger partial charge >= 0.3 is 5.63 Å². The van der Waals surface area contributed by atoms with Crippen molar-refractivity contribution in [2.24, 2.45) is 0 Å². The van der Waals surface area contributed by atoms with E-state index in [1.54, 1.807) is 31.2 Å². The lowest BCUT2D eigenvalue weighted by atomic mass is 10.00. The van der Waals surface area contributed by atoms with E-state index in [0.29, 0.717) is 32.7 Å². The minimum Gasteiger partial charge on any atom is -0.422 e. The minimum absolute atomic E-state index is 0.369. The van der Waals surface area contributed by atoms with E-state index in [2.05, 4.69) is 0 Å². The lowest BCUT2D eigenvalue weighted by Crippen LogP contribution is -2.06. The van der Waals surface area contributed by atoms with Gasteiger partial charge in [-0.1, -0.05) is 23.7 Å². The number of benzene rings is 2. The quantitative estimate of drug-likeness (QED) is 0.614. The molecular weight excluding hydrogens is 279 g/mol. The highest BCUT2D eigenvalue weighted by Crippen LogP contribution is 2.28. The Bertz CT molecular complexity index is 868. The van der Waals surface area contributed by atoms with Crippen molar-refractivity contribution >= 4 is 22.6 Å². The molecule has 0 aliphatic heterocycles. The number of aryl methyl sites for hydroxylation is 1. The predicted octanol–water partition coefficient (Wildman–Crippen LogP) is 4.56. The van der Waals surface area contributed by atoms with Crippen LogP contribution in [0.25, 0.3) is 22.1 Å². The Kier molecular flexibility index (Phi) is 3.07. The van der Waals surface area contributed by atoms with E-state index in [0.717, 1.165) is 0 Å². The Morgan fingerprint density at radius 3 is 2.70 bits per heavy atom. The van der Waals surface area contributed by atoms with Crippen LogP contribution in [0.1, 0.15) is 5.56 Å². The molecule has 0 aliphatic rings. The Morgan fingerprint density at radius 1 is 1.15 bits per heavy atom. The second-order valence-electron chi connectivity index (χ2n) is 4.54. The molecule has 2 aromatic carbocycles. The first-order valence-electron chi connectivity index (χ1n) is 6.05. The number of hydrogen-bond acceptors (Lipinski definition) is 2. The summed E-state index contributed by atoms with van der Waals surface area (Å²) in [5, 5.41) is 1.11. The zero-order valence-electron chi connectivity index (χ0n) is 10.6. The monoisotopic (exact) mass is 288 g/mol. The topological polar surface area (TPSA) is 30.2 Å². The highest BCUT2D eigenvalue weighted by Gasteiger charge is 2.14. The molecule has 4 heteroatoms. The number of hydrogen-bond donors (Lipinski definition) is 0. The summed E-state index contributed by atoms with van der Waals surface area (Å²) < 4.78 is 18.6. The highest BCUT2D eigenvalue weighted by molar-refractivity contribution is 6.30. The van der Waals surface area contributed by atoms with Crippen molar-refractivity contribution in [2.45, 2.75) is 6.92 Å². The van der Waals surface area contributed by atoms with E-state index in [1.807, 2.05) is 0 Å². The molecule has 0 unspecified atom stereocenters. The first kappa shape index (κ1) is 12.9. The highest BCUT2D eigenvalue weighted by atomic mass is 35.5. The summed E-state index contributed by atoms with van der Waals surface area (Å²) in [6, 6.07) is 11.0. The average Bonchev–Trinajstić information content (AvgIpc) is 2.40. The van der Waals surface area contributed by atoms with Crippen molar-refractivity contribution in [1.29, 1.82) is 0 Å². The summed E-state index contributed by atoms with van der Waals surface area (Å²) in [5.74, 6) is -0.369. The number of fused-ring (bicyclic) bond motifs is 1. The van der Waals surface area contributed by atoms with Crippen LogP contribution >= 0.6 is 11.6 Å². The predicted molar refractivity (Wildman–Crippen MR) is 77.6 cm³/mol. The van der Waals surface area contributed by atoms with Crippen LogP contribution in [-0.4, -0.2) is 0 Å². The van der Waals surface area contributed by atoms with Crippen molar-refractivity contribution in [1.82, 2.24) is 0 Å². The molecule has 0 spiro atoms. The van der Waals surface area contributed by atoms with Gasteiger partial charge in [0, 0.05) is 10.4 Å². The molecule has 100 valence electrons. The fraction of sp³-hybridized carbons (Fsp3) is 0.0625. The van der Waals surface area contributed by atoms with Crippen molar-refractivity contribution in [3.05, 3.63) is 69.3 Å². The first-order chi connectivity index (χ1) is 9.56. The molecule has 0 saturated heterocycles. The fourth-order valence-electron chi connectivity index (χ4n) is 2.30. The van der Waals surface area contributed by atoms with Crippen LogP contribution in [-0.2, 0) is 0 Å². The summed E-state index contributed by atoms with van der Waals surface area (Å²) in [5.41, 5.74) is 1.67. The summed E-state index contributed by atoms with van der Waals surface area (Å²) >= 11 is 5.95. The van der Waals surface area contributed by atoms with Gasteiger partial charge in [-0.3, -0.25) is 0 Å². The third kappa shape index (κ3) is 2.10. The van der Waals surface area contributed by atoms with Gasteiger partial charge in [0.15, 0.2) is 0 Å². The molecule has 0 aliphatic carbocycles. The van der Waals surface area contributed by atoms with E-state index in [1.165, 1.54) is 18.2 Å². The van der Waals surface area contributed by atoms with Crippen LogP contribution in [0.5, 0.6) is 0 Å². The molecule has 0 saturated carbocycles. The van der Waals surface area contributed by atoms with Crippen LogP contribution in [0, 0.1) is 12.7 Å². The van der Waals surface area contributed by atoms with Gasteiger partial charge in [-0.15, -0.1) is 0 Å². The van der Waals surface area contributed by atoms with Gasteiger partial charge in [0.05, 0.1) is 5.56 Å². The Morgan fingerprint density at radius 2 is 1.95 bits per heavy atom. The summed E-state index contributed by atoms with van der Waals surface area (Å²) in [6.45, 7) is 1.77. The minimum atomic E-state index is -0.455. The molecule has 0 radical (unpaired) electrons. The van der Waals surface area contributed by atoms with Crippen molar-refractivity contribution in [3.8, 4) is 11.1 Å². The van der Waals surface area contributed by atoms with Gasteiger partial charge in [0.1, 0.15) is 11.4 Å². The summed E-state index contributed by atoms with van der Waals surface area (Å²) in [7, 11) is 0. The SMILES string of the molecule is Cc1c(-c2cccc(Cl)c2)c(=O)oc2ccc(F)cc12. The molecule has 0 N–H and O–H groups in total. The zero-order chi connectivity index (χ0) is 14.3. The van der Waals surface area contributed by atoms with Crippen LogP contribution in [0.3, 0.4) is 0 Å². The third-order valence-electron chi connectivity index (χ3n) is 3.24. The van der Waals surface area contributed by atoms with Crippen LogP contribution in [0.4, 0.5) is 4.39 Å². The number of halogens is 2. The largest absolute Gasteiger partial charge is 0.422 e. The summed E-state index contributed by atoms with van der Waals surface area (Å²) in [4.78, 5) is 12.1. The van der Waals surface area contributed by atoms with E-state index in [4.69, 9.17) is 16.0 Å².